The van der Waals surface area contributed by atoms with E-state index in [1.807, 2.05) is 37.4 Å². The highest BCUT2D eigenvalue weighted by Gasteiger charge is 2.15. The number of nitrogens with zero attached hydrogens (tertiary/aromatic N) is 3. The molecule has 0 bridgehead atoms. The van der Waals surface area contributed by atoms with Crippen LogP contribution in [-0.4, -0.2) is 28.0 Å². The number of benzene rings is 1. The van der Waals surface area contributed by atoms with Crippen molar-refractivity contribution in [2.24, 2.45) is 0 Å². The summed E-state index contributed by atoms with van der Waals surface area (Å²) < 4.78 is 13.0. The van der Waals surface area contributed by atoms with Crippen molar-refractivity contribution in [2.45, 2.75) is 6.92 Å². The standard InChI is InChI=1S/C15H13N3O2/c1-10-3-5-18(17-10)15-12-9-14-13(19-6-7-20-14)8-11(12)2-4-16-15/h2-5,8-9H,6-7H2,1H3. The fourth-order valence-electron chi connectivity index (χ4n) is 2.41. The normalized spacial score (nSPS) is 13.7. The van der Waals surface area contributed by atoms with Gasteiger partial charge in [0.1, 0.15) is 13.2 Å². The largest absolute Gasteiger partial charge is 0.486 e. The maximum absolute atomic E-state index is 5.65. The highest BCUT2D eigenvalue weighted by atomic mass is 16.6. The molecule has 4 rings (SSSR count). The van der Waals surface area contributed by atoms with Crippen LogP contribution in [0.5, 0.6) is 11.5 Å². The average molecular weight is 267 g/mol. The maximum atomic E-state index is 5.65. The minimum Gasteiger partial charge on any atom is -0.486 e. The summed E-state index contributed by atoms with van der Waals surface area (Å²) in [6, 6.07) is 7.89. The van der Waals surface area contributed by atoms with E-state index < -0.39 is 0 Å². The Kier molecular flexibility index (Phi) is 2.39. The van der Waals surface area contributed by atoms with Crippen LogP contribution >= 0.6 is 0 Å². The van der Waals surface area contributed by atoms with Gasteiger partial charge in [0.05, 0.1) is 5.69 Å². The zero-order valence-electron chi connectivity index (χ0n) is 11.0. The van der Waals surface area contributed by atoms with E-state index in [2.05, 4.69) is 10.1 Å². The fraction of sp³-hybridized carbons (Fsp3) is 0.200. The van der Waals surface area contributed by atoms with Crippen molar-refractivity contribution < 1.29 is 9.47 Å². The average Bonchev–Trinajstić information content (AvgIpc) is 2.91. The molecule has 1 aliphatic heterocycles. The van der Waals surface area contributed by atoms with Gasteiger partial charge in [0.2, 0.25) is 0 Å². The Bertz CT molecular complexity index is 795. The lowest BCUT2D eigenvalue weighted by Crippen LogP contribution is -2.15. The Labute approximate surface area is 115 Å². The summed E-state index contributed by atoms with van der Waals surface area (Å²) in [5.74, 6) is 2.35. The molecule has 0 aliphatic carbocycles. The lowest BCUT2D eigenvalue weighted by Gasteiger charge is -2.19. The first-order valence-electron chi connectivity index (χ1n) is 6.52. The van der Waals surface area contributed by atoms with Gasteiger partial charge in [-0.3, -0.25) is 0 Å². The molecule has 100 valence electrons. The van der Waals surface area contributed by atoms with Crippen molar-refractivity contribution in [1.82, 2.24) is 14.8 Å². The SMILES string of the molecule is Cc1ccn(-c2nccc3cc4c(cc23)OCCO4)n1. The molecule has 1 aliphatic rings. The second-order valence-electron chi connectivity index (χ2n) is 4.75. The molecule has 0 unspecified atom stereocenters. The predicted molar refractivity (Wildman–Crippen MR) is 74.6 cm³/mol. The molecule has 0 N–H and O–H groups in total. The summed E-state index contributed by atoms with van der Waals surface area (Å²) in [6.45, 7) is 3.13. The van der Waals surface area contributed by atoms with Crippen molar-refractivity contribution >= 4 is 10.8 Å². The molecule has 0 saturated heterocycles. The molecule has 5 heteroatoms. The third-order valence-electron chi connectivity index (χ3n) is 3.35. The summed E-state index contributed by atoms with van der Waals surface area (Å²) in [4.78, 5) is 4.44. The Morgan fingerprint density at radius 3 is 2.65 bits per heavy atom. The van der Waals surface area contributed by atoms with Gasteiger partial charge in [-0.2, -0.15) is 5.10 Å². The first kappa shape index (κ1) is 11.3. The smallest absolute Gasteiger partial charge is 0.162 e. The van der Waals surface area contributed by atoms with Gasteiger partial charge in [-0.05, 0) is 36.6 Å². The Balaban J connectivity index is 1.97. The summed E-state index contributed by atoms with van der Waals surface area (Å²) in [7, 11) is 0. The van der Waals surface area contributed by atoms with Crippen LogP contribution in [0.3, 0.4) is 0 Å². The number of rotatable bonds is 1. The number of pyridine rings is 1. The van der Waals surface area contributed by atoms with Gasteiger partial charge in [-0.1, -0.05) is 0 Å². The van der Waals surface area contributed by atoms with Gasteiger partial charge in [-0.15, -0.1) is 0 Å². The molecule has 0 radical (unpaired) electrons. The zero-order valence-corrected chi connectivity index (χ0v) is 11.0. The third-order valence-corrected chi connectivity index (χ3v) is 3.35. The molecule has 0 saturated carbocycles. The fourth-order valence-corrected chi connectivity index (χ4v) is 2.41. The van der Waals surface area contributed by atoms with E-state index in [-0.39, 0.29) is 0 Å². The molecule has 5 nitrogen and oxygen atoms in total. The van der Waals surface area contributed by atoms with Crippen LogP contribution in [0.4, 0.5) is 0 Å². The number of hydrogen-bond acceptors (Lipinski definition) is 4. The lowest BCUT2D eigenvalue weighted by atomic mass is 10.1. The molecular formula is C15H13N3O2. The van der Waals surface area contributed by atoms with Crippen LogP contribution in [0.2, 0.25) is 0 Å². The lowest BCUT2D eigenvalue weighted by molar-refractivity contribution is 0.172. The van der Waals surface area contributed by atoms with Crippen molar-refractivity contribution in [2.75, 3.05) is 13.2 Å². The van der Waals surface area contributed by atoms with Crippen LogP contribution < -0.4 is 9.47 Å². The molecule has 20 heavy (non-hydrogen) atoms. The number of fused-ring (bicyclic) bond motifs is 2. The minimum absolute atomic E-state index is 0.578. The van der Waals surface area contributed by atoms with E-state index in [4.69, 9.17) is 9.47 Å². The van der Waals surface area contributed by atoms with Gasteiger partial charge >= 0.3 is 0 Å². The van der Waals surface area contributed by atoms with E-state index in [1.54, 1.807) is 10.9 Å². The minimum atomic E-state index is 0.578. The first-order chi connectivity index (χ1) is 9.81. The summed E-state index contributed by atoms with van der Waals surface area (Å²) >= 11 is 0. The van der Waals surface area contributed by atoms with E-state index in [1.165, 1.54) is 0 Å². The molecule has 3 aromatic rings. The molecule has 0 amide bonds. The summed E-state index contributed by atoms with van der Waals surface area (Å²) in [5, 5.41) is 6.49. The first-order valence-corrected chi connectivity index (χ1v) is 6.52. The Morgan fingerprint density at radius 1 is 1.10 bits per heavy atom. The molecule has 2 aromatic heterocycles. The second-order valence-corrected chi connectivity index (χ2v) is 4.75. The monoisotopic (exact) mass is 267 g/mol. The van der Waals surface area contributed by atoms with E-state index in [0.717, 1.165) is 33.8 Å². The van der Waals surface area contributed by atoms with Crippen molar-refractivity contribution in [1.29, 1.82) is 0 Å². The van der Waals surface area contributed by atoms with Gasteiger partial charge in [0.25, 0.3) is 0 Å². The number of aromatic nitrogens is 3. The van der Waals surface area contributed by atoms with Gasteiger partial charge in [0.15, 0.2) is 17.3 Å². The van der Waals surface area contributed by atoms with Gasteiger partial charge in [0, 0.05) is 17.8 Å². The molecule has 3 heterocycles. The zero-order chi connectivity index (χ0) is 13.5. The van der Waals surface area contributed by atoms with Crippen LogP contribution in [0, 0.1) is 6.92 Å². The molecule has 1 aromatic carbocycles. The molecular weight excluding hydrogens is 254 g/mol. The highest BCUT2D eigenvalue weighted by Crippen LogP contribution is 2.35. The molecule has 0 fully saturated rings. The molecule has 0 spiro atoms. The van der Waals surface area contributed by atoms with Crippen LogP contribution in [0.1, 0.15) is 5.69 Å². The topological polar surface area (TPSA) is 49.2 Å². The maximum Gasteiger partial charge on any atom is 0.162 e. The van der Waals surface area contributed by atoms with E-state index in [0.29, 0.717) is 13.2 Å². The van der Waals surface area contributed by atoms with Gasteiger partial charge < -0.3 is 9.47 Å². The second kappa shape index (κ2) is 4.23. The number of ether oxygens (including phenoxy) is 2. The Morgan fingerprint density at radius 2 is 1.90 bits per heavy atom. The van der Waals surface area contributed by atoms with Crippen molar-refractivity contribution in [3.8, 4) is 17.3 Å². The van der Waals surface area contributed by atoms with Crippen LogP contribution in [-0.2, 0) is 0 Å². The van der Waals surface area contributed by atoms with E-state index in [9.17, 15) is 0 Å². The summed E-state index contributed by atoms with van der Waals surface area (Å²) in [5.41, 5.74) is 0.960. The van der Waals surface area contributed by atoms with Crippen molar-refractivity contribution in [3.63, 3.8) is 0 Å². The summed E-state index contributed by atoms with van der Waals surface area (Å²) in [6.07, 6.45) is 3.69. The van der Waals surface area contributed by atoms with Crippen LogP contribution in [0.15, 0.2) is 36.7 Å². The quantitative estimate of drug-likeness (QED) is 0.679. The Hall–Kier alpha value is -2.56. The number of aryl methyl sites for hydroxylation is 1. The van der Waals surface area contributed by atoms with E-state index >= 15 is 0 Å². The number of hydrogen-bond donors (Lipinski definition) is 0. The van der Waals surface area contributed by atoms with Crippen molar-refractivity contribution in [3.05, 3.63) is 42.4 Å². The van der Waals surface area contributed by atoms with Crippen LogP contribution in [0.25, 0.3) is 16.6 Å². The van der Waals surface area contributed by atoms with Gasteiger partial charge in [-0.25, -0.2) is 9.67 Å². The highest BCUT2D eigenvalue weighted by molar-refractivity contribution is 5.91. The third kappa shape index (κ3) is 1.71. The predicted octanol–water partition coefficient (Wildman–Crippen LogP) is 2.50. The molecule has 0 atom stereocenters.